The SMILES string of the molecule is CC1(C)c2ccccc2-c2cccc(-c3ccccc3-c3ccc(N(c4ccc5c(c4)C4(c6ccccc6-5)C5CC6CC(C5)CC4C6)c4cccc5sc6ccccc6c45)cc3)c21. The number of rotatable bonds is 5. The Kier molecular flexibility index (Phi) is 7.58. The molecule has 0 aliphatic heterocycles. The van der Waals surface area contributed by atoms with Crippen LogP contribution in [0.5, 0.6) is 0 Å². The van der Waals surface area contributed by atoms with E-state index in [1.165, 1.54) is 125 Å². The maximum absolute atomic E-state index is 2.66. The summed E-state index contributed by atoms with van der Waals surface area (Å²) in [4.78, 5) is 2.59. The van der Waals surface area contributed by atoms with Crippen LogP contribution in [0.1, 0.15) is 68.2 Å². The second-order valence-electron chi connectivity index (χ2n) is 20.0. The normalized spacial score (nSPS) is 23.0. The highest BCUT2D eigenvalue weighted by molar-refractivity contribution is 7.26. The van der Waals surface area contributed by atoms with Crippen LogP contribution in [0.3, 0.4) is 0 Å². The molecule has 0 radical (unpaired) electrons. The average molecular weight is 828 g/mol. The van der Waals surface area contributed by atoms with Gasteiger partial charge in [0.15, 0.2) is 0 Å². The van der Waals surface area contributed by atoms with Gasteiger partial charge in [-0.3, -0.25) is 0 Å². The number of hydrogen-bond donors (Lipinski definition) is 0. The van der Waals surface area contributed by atoms with Crippen molar-refractivity contribution < 1.29 is 0 Å². The molecule has 15 rings (SSSR count). The fourth-order valence-electron chi connectivity index (χ4n) is 14.5. The van der Waals surface area contributed by atoms with Gasteiger partial charge in [-0.05, 0) is 165 Å². The van der Waals surface area contributed by atoms with Gasteiger partial charge in [-0.25, -0.2) is 0 Å². The Morgan fingerprint density at radius 1 is 0.444 bits per heavy atom. The molecule has 6 aliphatic carbocycles. The fraction of sp³-hybridized carbons (Fsp3) is 0.213. The molecule has 4 bridgehead atoms. The largest absolute Gasteiger partial charge is 0.310 e. The molecule has 0 atom stereocenters. The fourth-order valence-corrected chi connectivity index (χ4v) is 15.6. The van der Waals surface area contributed by atoms with E-state index in [0.29, 0.717) is 11.8 Å². The number of anilines is 3. The molecule has 0 N–H and O–H groups in total. The number of hydrogen-bond acceptors (Lipinski definition) is 2. The minimum Gasteiger partial charge on any atom is -0.310 e. The van der Waals surface area contributed by atoms with Gasteiger partial charge >= 0.3 is 0 Å². The second-order valence-corrected chi connectivity index (χ2v) is 21.1. The van der Waals surface area contributed by atoms with Crippen LogP contribution in [0.15, 0.2) is 176 Å². The molecule has 1 spiro atoms. The molecule has 1 nitrogen and oxygen atoms in total. The average Bonchev–Trinajstić information content (AvgIpc) is 3.93. The third kappa shape index (κ3) is 4.94. The molecule has 0 amide bonds. The highest BCUT2D eigenvalue weighted by atomic mass is 32.1. The van der Waals surface area contributed by atoms with Crippen LogP contribution >= 0.6 is 11.3 Å². The number of fused-ring (bicyclic) bond motifs is 9. The molecule has 63 heavy (non-hydrogen) atoms. The Bertz CT molecular complexity index is 3320. The van der Waals surface area contributed by atoms with Crippen molar-refractivity contribution in [2.24, 2.45) is 23.7 Å². The van der Waals surface area contributed by atoms with Crippen molar-refractivity contribution in [1.29, 1.82) is 0 Å². The second kappa shape index (κ2) is 13.2. The predicted molar refractivity (Wildman–Crippen MR) is 266 cm³/mol. The first-order valence-corrected chi connectivity index (χ1v) is 24.2. The van der Waals surface area contributed by atoms with E-state index in [0.717, 1.165) is 11.8 Å². The van der Waals surface area contributed by atoms with E-state index < -0.39 is 0 Å². The van der Waals surface area contributed by atoms with Gasteiger partial charge in [0.25, 0.3) is 0 Å². The van der Waals surface area contributed by atoms with Crippen molar-refractivity contribution >= 4 is 48.6 Å². The molecule has 0 unspecified atom stereocenters. The lowest BCUT2D eigenvalue weighted by molar-refractivity contribution is -0.0399. The maximum Gasteiger partial charge on any atom is 0.0554 e. The summed E-state index contributed by atoms with van der Waals surface area (Å²) in [6.45, 7) is 4.79. The predicted octanol–water partition coefficient (Wildman–Crippen LogP) is 16.9. The number of benzene rings is 8. The van der Waals surface area contributed by atoms with Crippen molar-refractivity contribution in [2.75, 3.05) is 4.90 Å². The number of thiophene rings is 1. The first kappa shape index (κ1) is 36.3. The van der Waals surface area contributed by atoms with Crippen LogP contribution in [0.25, 0.3) is 64.7 Å². The molecule has 1 aromatic heterocycles. The molecule has 4 saturated carbocycles. The quantitative estimate of drug-likeness (QED) is 0.167. The summed E-state index contributed by atoms with van der Waals surface area (Å²) in [6, 6.07) is 67.5. The van der Waals surface area contributed by atoms with Crippen LogP contribution in [0.2, 0.25) is 0 Å². The third-order valence-corrected chi connectivity index (χ3v) is 17.8. The van der Waals surface area contributed by atoms with Crippen LogP contribution in [-0.2, 0) is 10.8 Å². The van der Waals surface area contributed by atoms with Gasteiger partial charge in [-0.2, -0.15) is 0 Å². The van der Waals surface area contributed by atoms with Crippen molar-refractivity contribution in [1.82, 2.24) is 0 Å². The zero-order valence-corrected chi connectivity index (χ0v) is 36.8. The Morgan fingerprint density at radius 2 is 1.00 bits per heavy atom. The monoisotopic (exact) mass is 827 g/mol. The molecular weight excluding hydrogens is 779 g/mol. The van der Waals surface area contributed by atoms with E-state index in [2.05, 4.69) is 195 Å². The van der Waals surface area contributed by atoms with E-state index in [9.17, 15) is 0 Å². The molecule has 2 heteroatoms. The van der Waals surface area contributed by atoms with Gasteiger partial charge in [0.05, 0.1) is 5.69 Å². The zero-order chi connectivity index (χ0) is 41.6. The molecule has 1 heterocycles. The van der Waals surface area contributed by atoms with Gasteiger partial charge in [0.2, 0.25) is 0 Å². The first-order valence-electron chi connectivity index (χ1n) is 23.3. The van der Waals surface area contributed by atoms with Crippen LogP contribution in [0.4, 0.5) is 17.1 Å². The Hall–Kier alpha value is -6.22. The van der Waals surface area contributed by atoms with Gasteiger partial charge < -0.3 is 4.90 Å². The van der Waals surface area contributed by atoms with Gasteiger partial charge in [-0.1, -0.05) is 147 Å². The smallest absolute Gasteiger partial charge is 0.0554 e. The minimum absolute atomic E-state index is 0.0979. The molecule has 9 aromatic rings. The molecule has 4 fully saturated rings. The van der Waals surface area contributed by atoms with E-state index in [-0.39, 0.29) is 10.8 Å². The van der Waals surface area contributed by atoms with Gasteiger partial charge in [0, 0.05) is 42.4 Å². The van der Waals surface area contributed by atoms with Gasteiger partial charge in [0.1, 0.15) is 0 Å². The Labute approximate surface area is 374 Å². The van der Waals surface area contributed by atoms with E-state index in [4.69, 9.17) is 0 Å². The van der Waals surface area contributed by atoms with E-state index >= 15 is 0 Å². The standard InChI is InChI=1S/C61H49NS/c1-60(2)52-20-8-5-16-47(52)50-19-11-18-49(59(50)60)45-14-4-3-13-44(45)39-25-27-42(28-26-39)62(55-22-12-24-57-58(55)51-17-7-10-23-56(51)63-57)43-29-30-48-46-15-6-9-21-53(46)61(54(48)36-43)40-32-37-31-38(34-40)35-41(61)33-37/h3-30,36-38,40-41H,31-35H2,1-2H3. The summed E-state index contributed by atoms with van der Waals surface area (Å²) in [5.41, 5.74) is 20.5. The Morgan fingerprint density at radius 3 is 1.76 bits per heavy atom. The lowest BCUT2D eigenvalue weighted by atomic mass is 9.43. The molecule has 304 valence electrons. The van der Waals surface area contributed by atoms with Crippen LogP contribution in [0, 0.1) is 23.7 Å². The van der Waals surface area contributed by atoms with Crippen molar-refractivity contribution in [3.63, 3.8) is 0 Å². The highest BCUT2D eigenvalue weighted by Crippen LogP contribution is 2.70. The Balaban J connectivity index is 0.943. The highest BCUT2D eigenvalue weighted by Gasteiger charge is 2.61. The molecular formula is C61H49NS. The van der Waals surface area contributed by atoms with Crippen LogP contribution in [-0.4, -0.2) is 0 Å². The zero-order valence-electron chi connectivity index (χ0n) is 35.9. The van der Waals surface area contributed by atoms with Crippen molar-refractivity contribution in [3.05, 3.63) is 198 Å². The summed E-state index contributed by atoms with van der Waals surface area (Å²) < 4.78 is 2.67. The summed E-state index contributed by atoms with van der Waals surface area (Å²) in [5.74, 6) is 3.25. The molecule has 6 aliphatic rings. The summed E-state index contributed by atoms with van der Waals surface area (Å²) in [6.07, 6.45) is 6.99. The van der Waals surface area contributed by atoms with Crippen LogP contribution < -0.4 is 4.90 Å². The molecule has 8 aromatic carbocycles. The number of nitrogens with zero attached hydrogens (tertiary/aromatic N) is 1. The van der Waals surface area contributed by atoms with Crippen molar-refractivity contribution in [2.45, 2.75) is 56.8 Å². The summed E-state index contributed by atoms with van der Waals surface area (Å²) in [7, 11) is 0. The minimum atomic E-state index is -0.0979. The van der Waals surface area contributed by atoms with E-state index in [1.54, 1.807) is 11.1 Å². The van der Waals surface area contributed by atoms with E-state index in [1.807, 2.05) is 11.3 Å². The first-order chi connectivity index (χ1) is 31.0. The summed E-state index contributed by atoms with van der Waals surface area (Å²) >= 11 is 1.91. The van der Waals surface area contributed by atoms with Gasteiger partial charge in [-0.15, -0.1) is 11.3 Å². The third-order valence-electron chi connectivity index (χ3n) is 16.7. The molecule has 0 saturated heterocycles. The maximum atomic E-state index is 2.66. The van der Waals surface area contributed by atoms with Crippen molar-refractivity contribution in [3.8, 4) is 44.5 Å². The summed E-state index contributed by atoms with van der Waals surface area (Å²) in [5, 5.41) is 2.66. The lowest BCUT2D eigenvalue weighted by Crippen LogP contribution is -2.55. The lowest BCUT2D eigenvalue weighted by Gasteiger charge is -2.61. The topological polar surface area (TPSA) is 3.24 Å².